The third-order valence-corrected chi connectivity index (χ3v) is 14.5. The van der Waals surface area contributed by atoms with Gasteiger partial charge in [-0.05, 0) is 146 Å². The van der Waals surface area contributed by atoms with Gasteiger partial charge in [-0.15, -0.1) is 0 Å². The molecular weight excluding hydrogens is 791 g/mol. The van der Waals surface area contributed by atoms with Crippen LogP contribution in [0.5, 0.6) is 5.75 Å². The van der Waals surface area contributed by atoms with E-state index in [-0.39, 0.29) is 10.8 Å². The van der Waals surface area contributed by atoms with Crippen LogP contribution in [0.1, 0.15) is 68.9 Å². The van der Waals surface area contributed by atoms with Crippen molar-refractivity contribution in [3.8, 4) is 39.1 Å². The van der Waals surface area contributed by atoms with E-state index in [0.29, 0.717) is 0 Å². The average molecular weight is 842 g/mol. The van der Waals surface area contributed by atoms with Gasteiger partial charge >= 0.3 is 0 Å². The van der Waals surface area contributed by atoms with Crippen LogP contribution in [0.4, 0.5) is 17.1 Å². The number of nitrogens with zero attached hydrogens (tertiary/aromatic N) is 1. The molecule has 2 aliphatic carbocycles. The molecular formula is C62H51NO2. The molecule has 0 radical (unpaired) electrons. The van der Waals surface area contributed by atoms with Crippen molar-refractivity contribution >= 4 is 50.1 Å². The van der Waals surface area contributed by atoms with Gasteiger partial charge in [0.2, 0.25) is 0 Å². The first kappa shape index (κ1) is 39.2. The summed E-state index contributed by atoms with van der Waals surface area (Å²) in [7, 11) is 0. The molecule has 1 aliphatic heterocycles. The third-order valence-electron chi connectivity index (χ3n) is 14.5. The number of allylic oxidation sites excluding steroid dienone is 4. The molecule has 3 aliphatic rings. The van der Waals surface area contributed by atoms with Crippen LogP contribution < -0.4 is 9.64 Å². The third kappa shape index (κ3) is 6.39. The summed E-state index contributed by atoms with van der Waals surface area (Å²) in [6.07, 6.45) is 4.49. The van der Waals surface area contributed by atoms with E-state index in [1.165, 1.54) is 77.9 Å². The molecule has 0 unspecified atom stereocenters. The minimum atomic E-state index is -0.190. The van der Waals surface area contributed by atoms with Crippen LogP contribution in [0.25, 0.3) is 66.5 Å². The number of rotatable bonds is 7. The Bertz CT molecular complexity index is 3420. The predicted molar refractivity (Wildman–Crippen MR) is 272 cm³/mol. The lowest BCUT2D eigenvalue weighted by Crippen LogP contribution is -2.18. The second-order valence-corrected chi connectivity index (χ2v) is 19.3. The van der Waals surface area contributed by atoms with Crippen LogP contribution >= 0.6 is 0 Å². The van der Waals surface area contributed by atoms with Gasteiger partial charge in [-0.1, -0.05) is 155 Å². The Morgan fingerprint density at radius 2 is 1.15 bits per heavy atom. The Balaban J connectivity index is 0.926. The van der Waals surface area contributed by atoms with Crippen LogP contribution in [0.2, 0.25) is 0 Å². The normalized spacial score (nSPS) is 16.2. The summed E-state index contributed by atoms with van der Waals surface area (Å²) in [6, 6.07) is 64.1. The lowest BCUT2D eigenvalue weighted by molar-refractivity contribution is 0.358. The molecule has 0 spiro atoms. The SMILES string of the molecule is CC1=C(/C=C2\CC(C)(C)c3cc(N(c4ccc(-c5ccccc5)cc4)c4ccc(-c5ccc6oc7ccccc7c6c5)cc4)ccc32)C(C)(C)c2c1cccc2-c1cccc2c1OCC2. The minimum Gasteiger partial charge on any atom is -0.492 e. The molecule has 8 aromatic carbocycles. The second kappa shape index (κ2) is 14.9. The number of ether oxygens (including phenoxy) is 1. The Kier molecular flexibility index (Phi) is 8.97. The number of benzene rings is 8. The second-order valence-electron chi connectivity index (χ2n) is 19.3. The molecule has 0 atom stereocenters. The Labute approximate surface area is 382 Å². The van der Waals surface area contributed by atoms with Crippen LogP contribution in [-0.2, 0) is 17.3 Å². The lowest BCUT2D eigenvalue weighted by atomic mass is 9.76. The van der Waals surface area contributed by atoms with Gasteiger partial charge in [0, 0.05) is 45.2 Å². The molecule has 1 aromatic heterocycles. The zero-order valence-corrected chi connectivity index (χ0v) is 37.7. The summed E-state index contributed by atoms with van der Waals surface area (Å²) in [5.41, 5.74) is 23.1. The van der Waals surface area contributed by atoms with Crippen molar-refractivity contribution in [1.29, 1.82) is 0 Å². The van der Waals surface area contributed by atoms with Crippen molar-refractivity contribution in [3.05, 3.63) is 215 Å². The fourth-order valence-electron chi connectivity index (χ4n) is 11.3. The van der Waals surface area contributed by atoms with Crippen molar-refractivity contribution in [2.45, 2.75) is 58.3 Å². The summed E-state index contributed by atoms with van der Waals surface area (Å²) in [4.78, 5) is 2.42. The molecule has 2 heterocycles. The fraction of sp³-hybridized carbons (Fsp3) is 0.161. The lowest BCUT2D eigenvalue weighted by Gasteiger charge is -2.28. The summed E-state index contributed by atoms with van der Waals surface area (Å²) in [5, 5.41) is 2.28. The Hall–Kier alpha value is -7.36. The maximum absolute atomic E-state index is 6.26. The predicted octanol–water partition coefficient (Wildman–Crippen LogP) is 16.8. The quantitative estimate of drug-likeness (QED) is 0.160. The summed E-state index contributed by atoms with van der Waals surface area (Å²) < 4.78 is 12.4. The summed E-state index contributed by atoms with van der Waals surface area (Å²) >= 11 is 0. The van der Waals surface area contributed by atoms with E-state index in [2.05, 4.69) is 209 Å². The number of hydrogen-bond donors (Lipinski definition) is 0. The van der Waals surface area contributed by atoms with Crippen LogP contribution in [0, 0.1) is 0 Å². The van der Waals surface area contributed by atoms with E-state index in [9.17, 15) is 0 Å². The van der Waals surface area contributed by atoms with Crippen molar-refractivity contribution in [2.24, 2.45) is 0 Å². The van der Waals surface area contributed by atoms with Gasteiger partial charge < -0.3 is 14.1 Å². The first-order valence-corrected chi connectivity index (χ1v) is 23.1. The molecule has 3 nitrogen and oxygen atoms in total. The average Bonchev–Trinajstić information content (AvgIpc) is 4.08. The van der Waals surface area contributed by atoms with E-state index in [4.69, 9.17) is 9.15 Å². The van der Waals surface area contributed by atoms with E-state index in [0.717, 1.165) is 64.2 Å². The molecule has 316 valence electrons. The molecule has 0 fully saturated rings. The smallest absolute Gasteiger partial charge is 0.135 e. The topological polar surface area (TPSA) is 25.6 Å². The molecule has 0 saturated carbocycles. The number of furan rings is 1. The number of para-hydroxylation sites is 2. The van der Waals surface area contributed by atoms with Gasteiger partial charge in [0.15, 0.2) is 0 Å². The summed E-state index contributed by atoms with van der Waals surface area (Å²) in [6.45, 7) is 12.7. The first-order valence-electron chi connectivity index (χ1n) is 23.1. The highest BCUT2D eigenvalue weighted by atomic mass is 16.5. The fourth-order valence-corrected chi connectivity index (χ4v) is 11.3. The zero-order valence-electron chi connectivity index (χ0n) is 37.7. The van der Waals surface area contributed by atoms with Crippen molar-refractivity contribution in [1.82, 2.24) is 0 Å². The van der Waals surface area contributed by atoms with Crippen molar-refractivity contribution in [2.75, 3.05) is 11.5 Å². The van der Waals surface area contributed by atoms with Gasteiger partial charge in [-0.2, -0.15) is 0 Å². The van der Waals surface area contributed by atoms with Gasteiger partial charge in [-0.3, -0.25) is 0 Å². The molecule has 0 N–H and O–H groups in total. The monoisotopic (exact) mass is 841 g/mol. The molecule has 12 rings (SSSR count). The minimum absolute atomic E-state index is 0.0586. The van der Waals surface area contributed by atoms with E-state index in [1.54, 1.807) is 0 Å². The maximum Gasteiger partial charge on any atom is 0.135 e. The molecule has 0 amide bonds. The van der Waals surface area contributed by atoms with Crippen molar-refractivity contribution < 1.29 is 9.15 Å². The van der Waals surface area contributed by atoms with Gasteiger partial charge in [0.1, 0.15) is 16.9 Å². The summed E-state index contributed by atoms with van der Waals surface area (Å²) in [5.74, 6) is 1.06. The zero-order chi connectivity index (χ0) is 44.0. The molecule has 0 bridgehead atoms. The molecule has 3 heteroatoms. The van der Waals surface area contributed by atoms with Gasteiger partial charge in [-0.25, -0.2) is 0 Å². The first-order chi connectivity index (χ1) is 31.6. The Morgan fingerprint density at radius 3 is 1.94 bits per heavy atom. The highest BCUT2D eigenvalue weighted by molar-refractivity contribution is 6.06. The van der Waals surface area contributed by atoms with Crippen LogP contribution in [0.15, 0.2) is 192 Å². The number of hydrogen-bond acceptors (Lipinski definition) is 3. The standard InChI is InChI=1S/C62H51NO2/c1-39-49-17-12-18-52(53-19-11-15-43-33-34-64-60(43)53)59(49)62(4,5)55(39)36-45-38-61(2,3)56-37-48(30-31-50(45)56)63(46-26-21-41(22-27-46)40-13-7-6-8-14-40)47-28-23-42(24-29-47)44-25-32-58-54(35-44)51-16-9-10-20-57(51)65-58/h6-32,35-37H,33-34,38H2,1-5H3/b45-36+. The molecule has 0 saturated heterocycles. The van der Waals surface area contributed by atoms with Crippen LogP contribution in [0.3, 0.4) is 0 Å². The van der Waals surface area contributed by atoms with Gasteiger partial charge in [0.05, 0.1) is 6.61 Å². The number of fused-ring (bicyclic) bond motifs is 6. The highest BCUT2D eigenvalue weighted by Crippen LogP contribution is 2.55. The largest absolute Gasteiger partial charge is 0.492 e. The maximum atomic E-state index is 6.26. The van der Waals surface area contributed by atoms with Crippen LogP contribution in [-0.4, -0.2) is 6.61 Å². The van der Waals surface area contributed by atoms with E-state index in [1.807, 2.05) is 12.1 Å². The molecule has 9 aromatic rings. The van der Waals surface area contributed by atoms with E-state index < -0.39 is 0 Å². The number of anilines is 3. The van der Waals surface area contributed by atoms with Crippen molar-refractivity contribution in [3.63, 3.8) is 0 Å². The Morgan fingerprint density at radius 1 is 0.523 bits per heavy atom. The highest BCUT2D eigenvalue weighted by Gasteiger charge is 2.40. The van der Waals surface area contributed by atoms with E-state index >= 15 is 0 Å². The van der Waals surface area contributed by atoms with Gasteiger partial charge in [0.25, 0.3) is 0 Å². The molecule has 65 heavy (non-hydrogen) atoms.